The molecule has 4 rings (SSSR count). The van der Waals surface area contributed by atoms with Crippen LogP contribution in [0.5, 0.6) is 0 Å². The van der Waals surface area contributed by atoms with Gasteiger partial charge in [0, 0.05) is 44.3 Å². The molecule has 1 aliphatic carbocycles. The summed E-state index contributed by atoms with van der Waals surface area (Å²) in [5.74, 6) is -0.317. The first kappa shape index (κ1) is 21.5. The molecule has 1 saturated heterocycles. The summed E-state index contributed by atoms with van der Waals surface area (Å²) in [7, 11) is -1.92. The minimum absolute atomic E-state index is 0.0205. The van der Waals surface area contributed by atoms with Gasteiger partial charge in [-0.3, -0.25) is 0 Å². The van der Waals surface area contributed by atoms with Crippen molar-refractivity contribution in [2.75, 3.05) is 13.1 Å². The summed E-state index contributed by atoms with van der Waals surface area (Å²) >= 11 is 0. The lowest BCUT2D eigenvalue weighted by Gasteiger charge is -2.38. The quantitative estimate of drug-likeness (QED) is 0.784. The Bertz CT molecular complexity index is 987. The zero-order chi connectivity index (χ0) is 21.5. The largest absolute Gasteiger partial charge is 0.339 e. The van der Waals surface area contributed by atoms with Crippen LogP contribution in [0.25, 0.3) is 0 Å². The molecule has 0 amide bonds. The number of aryl methyl sites for hydroxylation is 1. The number of halogens is 1. The number of rotatable bonds is 5. The summed E-state index contributed by atoms with van der Waals surface area (Å²) in [5.41, 5.74) is 1.25. The van der Waals surface area contributed by atoms with Gasteiger partial charge in [-0.25, -0.2) is 17.8 Å². The monoisotopic (exact) mass is 434 g/mol. The van der Waals surface area contributed by atoms with Crippen LogP contribution >= 0.6 is 0 Å². The highest BCUT2D eigenvalue weighted by atomic mass is 32.2. The van der Waals surface area contributed by atoms with E-state index < -0.39 is 10.0 Å². The van der Waals surface area contributed by atoms with E-state index in [9.17, 15) is 12.8 Å². The van der Waals surface area contributed by atoms with Crippen LogP contribution in [-0.2, 0) is 17.1 Å². The average Bonchev–Trinajstić information content (AvgIpc) is 3.29. The molecule has 164 valence electrons. The van der Waals surface area contributed by atoms with E-state index in [0.29, 0.717) is 24.5 Å². The summed E-state index contributed by atoms with van der Waals surface area (Å²) in [6.45, 7) is 5.34. The highest BCUT2D eigenvalue weighted by molar-refractivity contribution is 7.89. The zero-order valence-electron chi connectivity index (χ0n) is 17.9. The summed E-state index contributed by atoms with van der Waals surface area (Å²) < 4.78 is 43.0. The lowest BCUT2D eigenvalue weighted by atomic mass is 9.75. The SMILES string of the molecule is Cn1cnc(S(=O)(=O)N2C[C@H](NC3CCCC(C)(C)C3)[C@@H](c3ccc(F)cc3)C2)c1. The number of benzene rings is 1. The molecule has 0 radical (unpaired) electrons. The van der Waals surface area contributed by atoms with Crippen LogP contribution < -0.4 is 5.32 Å². The molecule has 2 aromatic rings. The number of aromatic nitrogens is 2. The van der Waals surface area contributed by atoms with Crippen LogP contribution in [0.2, 0.25) is 0 Å². The molecule has 0 bridgehead atoms. The van der Waals surface area contributed by atoms with E-state index in [1.54, 1.807) is 23.7 Å². The van der Waals surface area contributed by atoms with Crippen molar-refractivity contribution in [3.8, 4) is 0 Å². The molecule has 1 unspecified atom stereocenters. The average molecular weight is 435 g/mol. The van der Waals surface area contributed by atoms with Gasteiger partial charge >= 0.3 is 0 Å². The molecule has 1 aromatic heterocycles. The number of sulfonamides is 1. The smallest absolute Gasteiger partial charge is 0.262 e. The van der Waals surface area contributed by atoms with Crippen molar-refractivity contribution in [2.24, 2.45) is 12.5 Å². The van der Waals surface area contributed by atoms with E-state index >= 15 is 0 Å². The van der Waals surface area contributed by atoms with Crippen molar-refractivity contribution in [3.05, 3.63) is 48.2 Å². The van der Waals surface area contributed by atoms with Gasteiger partial charge in [-0.15, -0.1) is 0 Å². The molecule has 1 N–H and O–H groups in total. The molecular weight excluding hydrogens is 403 g/mol. The van der Waals surface area contributed by atoms with Gasteiger partial charge in [0.1, 0.15) is 5.82 Å². The number of nitrogens with zero attached hydrogens (tertiary/aromatic N) is 3. The van der Waals surface area contributed by atoms with Crippen molar-refractivity contribution in [1.29, 1.82) is 0 Å². The lowest BCUT2D eigenvalue weighted by Crippen LogP contribution is -2.46. The van der Waals surface area contributed by atoms with Gasteiger partial charge in [-0.2, -0.15) is 4.31 Å². The minimum atomic E-state index is -3.68. The maximum Gasteiger partial charge on any atom is 0.262 e. The number of hydrogen-bond acceptors (Lipinski definition) is 4. The van der Waals surface area contributed by atoms with Gasteiger partial charge in [0.25, 0.3) is 10.0 Å². The fraction of sp³-hybridized carbons (Fsp3) is 0.591. The van der Waals surface area contributed by atoms with Crippen molar-refractivity contribution in [2.45, 2.75) is 62.6 Å². The second-order valence-electron chi connectivity index (χ2n) is 9.59. The van der Waals surface area contributed by atoms with E-state index in [4.69, 9.17) is 0 Å². The van der Waals surface area contributed by atoms with Crippen molar-refractivity contribution in [3.63, 3.8) is 0 Å². The maximum absolute atomic E-state index is 13.5. The Kier molecular flexibility index (Phi) is 5.76. The van der Waals surface area contributed by atoms with Crippen LogP contribution in [0.4, 0.5) is 4.39 Å². The first-order valence-corrected chi connectivity index (χ1v) is 12.1. The third-order valence-electron chi connectivity index (χ3n) is 6.52. The van der Waals surface area contributed by atoms with Crippen molar-refractivity contribution < 1.29 is 12.8 Å². The second kappa shape index (κ2) is 8.05. The molecule has 2 heterocycles. The Balaban J connectivity index is 1.59. The molecular formula is C22H31FN4O2S. The van der Waals surface area contributed by atoms with E-state index in [0.717, 1.165) is 18.4 Å². The second-order valence-corrected chi connectivity index (χ2v) is 11.5. The Morgan fingerprint density at radius 1 is 1.20 bits per heavy atom. The predicted molar refractivity (Wildman–Crippen MR) is 114 cm³/mol. The summed E-state index contributed by atoms with van der Waals surface area (Å²) in [6.07, 6.45) is 7.61. The van der Waals surface area contributed by atoms with Gasteiger partial charge in [0.15, 0.2) is 5.03 Å². The first-order valence-electron chi connectivity index (χ1n) is 10.6. The van der Waals surface area contributed by atoms with E-state index in [1.165, 1.54) is 41.8 Å². The molecule has 3 atom stereocenters. The Labute approximate surface area is 178 Å². The van der Waals surface area contributed by atoms with Gasteiger partial charge in [0.2, 0.25) is 0 Å². The summed E-state index contributed by atoms with van der Waals surface area (Å²) in [4.78, 5) is 4.06. The minimum Gasteiger partial charge on any atom is -0.339 e. The molecule has 2 aliphatic rings. The van der Waals surface area contributed by atoms with Crippen LogP contribution in [0.1, 0.15) is 51.0 Å². The molecule has 1 saturated carbocycles. The Morgan fingerprint density at radius 2 is 1.93 bits per heavy atom. The molecule has 1 aliphatic heterocycles. The van der Waals surface area contributed by atoms with Crippen LogP contribution in [0.3, 0.4) is 0 Å². The van der Waals surface area contributed by atoms with Gasteiger partial charge in [0.05, 0.1) is 6.33 Å². The third kappa shape index (κ3) is 4.45. The van der Waals surface area contributed by atoms with Gasteiger partial charge in [-0.05, 0) is 42.4 Å². The molecule has 8 heteroatoms. The Hall–Kier alpha value is -1.77. The molecule has 1 aromatic carbocycles. The number of hydrogen-bond donors (Lipinski definition) is 1. The van der Waals surface area contributed by atoms with Crippen molar-refractivity contribution >= 4 is 10.0 Å². The zero-order valence-corrected chi connectivity index (χ0v) is 18.7. The highest BCUT2D eigenvalue weighted by Crippen LogP contribution is 2.37. The van der Waals surface area contributed by atoms with Crippen molar-refractivity contribution in [1.82, 2.24) is 19.2 Å². The molecule has 6 nitrogen and oxygen atoms in total. The summed E-state index contributed by atoms with van der Waals surface area (Å²) in [5, 5.41) is 3.84. The Morgan fingerprint density at radius 3 is 2.57 bits per heavy atom. The van der Waals surface area contributed by atoms with Gasteiger partial charge in [-0.1, -0.05) is 32.4 Å². The fourth-order valence-corrected chi connectivity index (χ4v) is 6.44. The predicted octanol–water partition coefficient (Wildman–Crippen LogP) is 3.27. The van der Waals surface area contributed by atoms with E-state index in [2.05, 4.69) is 24.1 Å². The molecule has 0 spiro atoms. The van der Waals surface area contributed by atoms with Gasteiger partial charge < -0.3 is 9.88 Å². The standard InChI is InChI=1S/C22H31FN4O2S/c1-22(2)10-4-5-18(11-22)25-20-13-27(30(28,29)21-14-26(3)15-24-21)12-19(20)16-6-8-17(23)9-7-16/h6-9,14-15,18-20,25H,4-5,10-13H2,1-3H3/t18?,19-,20+/m1/s1. The topological polar surface area (TPSA) is 67.2 Å². The van der Waals surface area contributed by atoms with Crippen LogP contribution in [0.15, 0.2) is 41.8 Å². The number of nitrogens with one attached hydrogen (secondary N) is 1. The first-order chi connectivity index (χ1) is 14.1. The highest BCUT2D eigenvalue weighted by Gasteiger charge is 2.42. The lowest BCUT2D eigenvalue weighted by molar-refractivity contribution is 0.188. The maximum atomic E-state index is 13.5. The fourth-order valence-electron chi connectivity index (χ4n) is 4.98. The normalized spacial score (nSPS) is 27.4. The molecule has 30 heavy (non-hydrogen) atoms. The number of imidazole rings is 1. The third-order valence-corrected chi connectivity index (χ3v) is 8.24. The summed E-state index contributed by atoms with van der Waals surface area (Å²) in [6, 6.07) is 6.79. The van der Waals surface area contributed by atoms with E-state index in [-0.39, 0.29) is 22.8 Å². The van der Waals surface area contributed by atoms with Crippen LogP contribution in [0, 0.1) is 11.2 Å². The van der Waals surface area contributed by atoms with Crippen LogP contribution in [-0.4, -0.2) is 47.4 Å². The molecule has 2 fully saturated rings. The van der Waals surface area contributed by atoms with E-state index in [1.807, 2.05) is 0 Å².